The Morgan fingerprint density at radius 2 is 1.69 bits per heavy atom. The highest BCUT2D eigenvalue weighted by molar-refractivity contribution is 7.98. The van der Waals surface area contributed by atoms with Gasteiger partial charge in [0, 0.05) is 23.2 Å². The highest BCUT2D eigenvalue weighted by Gasteiger charge is 2.52. The number of Topliss-reactive ketones (excluding diaryl/α,β-unsaturated/α-hetero) is 1. The van der Waals surface area contributed by atoms with Gasteiger partial charge < -0.3 is 0 Å². The van der Waals surface area contributed by atoms with Crippen molar-refractivity contribution < 1.29 is 35.3 Å². The van der Waals surface area contributed by atoms with Gasteiger partial charge >= 0.3 is 6.18 Å². The fraction of sp³-hybridized carbons (Fsp3) is 0.250. The fourth-order valence-corrected chi connectivity index (χ4v) is 8.17. The summed E-state index contributed by atoms with van der Waals surface area (Å²) in [4.78, 5) is 18.3. The lowest BCUT2D eigenvalue weighted by Gasteiger charge is -2.47. The molecule has 3 atom stereocenters. The number of hydrogen-bond donors (Lipinski definition) is 0. The number of allylic oxidation sites excluding steroid dienone is 1. The average Bonchev–Trinajstić information content (AvgIpc) is 3.40. The quantitative estimate of drug-likeness (QED) is 0.129. The molecule has 4 aromatic rings. The van der Waals surface area contributed by atoms with Crippen LogP contribution in [0.1, 0.15) is 41.0 Å². The van der Waals surface area contributed by atoms with Crippen molar-refractivity contribution in [3.05, 3.63) is 113 Å². The predicted octanol–water partition coefficient (Wildman–Crippen LogP) is 6.60. The van der Waals surface area contributed by atoms with Crippen LogP contribution in [-0.4, -0.2) is 53.7 Å². The Balaban J connectivity index is 1.46. The largest absolute Gasteiger partial charge is 0.402 e. The SMILES string of the molecule is C=S(=O)(c1ccc(F)cc1)N(CC(F)(F)F)[C@H]1CCC2=Cc3c(cnn3-c3ccc(F)cc3)C[C@]2(C(=O)c2cc(F)ccn2)C1. The molecule has 234 valence electrons. The van der Waals surface area contributed by atoms with E-state index in [0.29, 0.717) is 22.5 Å². The summed E-state index contributed by atoms with van der Waals surface area (Å²) in [6, 6.07) is 10.9. The topological polar surface area (TPSA) is 68.1 Å². The van der Waals surface area contributed by atoms with Gasteiger partial charge in [-0.25, -0.2) is 26.4 Å². The van der Waals surface area contributed by atoms with Crippen LogP contribution in [0.4, 0.5) is 26.3 Å². The van der Waals surface area contributed by atoms with Crippen LogP contribution in [-0.2, 0) is 16.1 Å². The first-order valence-electron chi connectivity index (χ1n) is 13.9. The number of alkyl halides is 3. The molecule has 2 aromatic heterocycles. The summed E-state index contributed by atoms with van der Waals surface area (Å²) in [5.74, 6) is 1.28. The van der Waals surface area contributed by atoms with Crippen LogP contribution in [0.2, 0.25) is 0 Å². The standard InChI is InChI=1S/C32H26F6N4O2S/c1-45(44,27-10-5-23(34)6-11-27)41(19-32(36,37)38)26-7-2-21-14-29-20(18-40-42(29)25-8-3-22(33)4-9-25)16-31(21,17-26)30(43)28-15-24(35)12-13-39-28/h3-6,8-15,18,26H,1-2,7,16-17,19H2/t26-,31-,45?/m0/s1. The number of carbonyl (C=O) groups excluding carboxylic acids is 1. The Kier molecular flexibility index (Phi) is 7.72. The molecule has 6 nitrogen and oxygen atoms in total. The van der Waals surface area contributed by atoms with Crippen LogP contribution in [0.15, 0.2) is 83.5 Å². The molecule has 0 radical (unpaired) electrons. The van der Waals surface area contributed by atoms with Crippen LogP contribution in [0.25, 0.3) is 11.8 Å². The van der Waals surface area contributed by atoms with Crippen molar-refractivity contribution in [1.29, 1.82) is 0 Å². The smallest absolute Gasteiger partial charge is 0.291 e. The number of fused-ring (bicyclic) bond motifs is 2. The first-order valence-corrected chi connectivity index (χ1v) is 15.6. The summed E-state index contributed by atoms with van der Waals surface area (Å²) in [5, 5.41) is 4.44. The summed E-state index contributed by atoms with van der Waals surface area (Å²) >= 11 is 0. The minimum Gasteiger partial charge on any atom is -0.291 e. The van der Waals surface area contributed by atoms with E-state index in [2.05, 4.69) is 16.0 Å². The van der Waals surface area contributed by atoms with E-state index in [4.69, 9.17) is 0 Å². The van der Waals surface area contributed by atoms with Gasteiger partial charge in [0.05, 0.1) is 32.7 Å². The summed E-state index contributed by atoms with van der Waals surface area (Å²) in [7, 11) is -3.82. The van der Waals surface area contributed by atoms with Crippen molar-refractivity contribution in [2.24, 2.45) is 5.41 Å². The molecule has 1 fully saturated rings. The molecule has 45 heavy (non-hydrogen) atoms. The van der Waals surface area contributed by atoms with Crippen molar-refractivity contribution in [3.63, 3.8) is 0 Å². The molecule has 2 heterocycles. The van der Waals surface area contributed by atoms with Gasteiger partial charge in [-0.3, -0.25) is 9.78 Å². The second kappa shape index (κ2) is 11.3. The zero-order chi connectivity index (χ0) is 32.1. The van der Waals surface area contributed by atoms with E-state index in [1.54, 1.807) is 10.8 Å². The Hall–Kier alpha value is -4.23. The molecule has 0 spiro atoms. The number of aromatic nitrogens is 3. The van der Waals surface area contributed by atoms with Crippen molar-refractivity contribution in [2.75, 3.05) is 6.54 Å². The molecule has 2 aliphatic carbocycles. The Morgan fingerprint density at radius 3 is 2.33 bits per heavy atom. The summed E-state index contributed by atoms with van der Waals surface area (Å²) < 4.78 is 100. The third kappa shape index (κ3) is 5.82. The summed E-state index contributed by atoms with van der Waals surface area (Å²) in [5.41, 5.74) is 0.661. The minimum absolute atomic E-state index is 0.00235. The number of rotatable bonds is 7. The molecular weight excluding hydrogens is 618 g/mol. The second-order valence-electron chi connectivity index (χ2n) is 11.2. The summed E-state index contributed by atoms with van der Waals surface area (Å²) in [6.45, 7) is -1.59. The maximum atomic E-state index is 14.3. The molecule has 0 N–H and O–H groups in total. The van der Waals surface area contributed by atoms with Gasteiger partial charge in [0.1, 0.15) is 29.7 Å². The minimum atomic E-state index is -4.78. The van der Waals surface area contributed by atoms with Crippen molar-refractivity contribution in [1.82, 2.24) is 19.1 Å². The van der Waals surface area contributed by atoms with Gasteiger partial charge in [-0.1, -0.05) is 5.57 Å². The van der Waals surface area contributed by atoms with Gasteiger partial charge in [0.25, 0.3) is 0 Å². The lowest BCUT2D eigenvalue weighted by molar-refractivity contribution is -0.140. The summed E-state index contributed by atoms with van der Waals surface area (Å²) in [6.07, 6.45) is -0.365. The highest BCUT2D eigenvalue weighted by Crippen LogP contribution is 2.51. The molecule has 0 amide bonds. The zero-order valence-electron chi connectivity index (χ0n) is 23.6. The first kappa shape index (κ1) is 30.8. The number of benzene rings is 2. The number of hydrogen-bond acceptors (Lipinski definition) is 4. The van der Waals surface area contributed by atoms with E-state index < -0.39 is 57.1 Å². The van der Waals surface area contributed by atoms with Crippen molar-refractivity contribution in [3.8, 4) is 5.69 Å². The molecule has 6 rings (SSSR count). The number of ketones is 1. The molecular formula is C32H26F6N4O2S. The molecule has 0 bridgehead atoms. The molecule has 0 aliphatic heterocycles. The van der Waals surface area contributed by atoms with Crippen molar-refractivity contribution in [2.45, 2.75) is 42.8 Å². The molecule has 2 aliphatic rings. The maximum absolute atomic E-state index is 14.3. The van der Waals surface area contributed by atoms with E-state index in [9.17, 15) is 35.3 Å². The third-order valence-corrected chi connectivity index (χ3v) is 10.6. The highest BCUT2D eigenvalue weighted by atomic mass is 32.2. The lowest BCUT2D eigenvalue weighted by Crippen LogP contribution is -2.52. The monoisotopic (exact) mass is 644 g/mol. The van der Waals surface area contributed by atoms with Crippen LogP contribution in [0.3, 0.4) is 0 Å². The van der Waals surface area contributed by atoms with Gasteiger partial charge in [0.2, 0.25) is 0 Å². The zero-order valence-corrected chi connectivity index (χ0v) is 24.4. The van der Waals surface area contributed by atoms with E-state index >= 15 is 0 Å². The maximum Gasteiger partial charge on any atom is 0.402 e. The molecule has 1 saturated carbocycles. The third-order valence-electron chi connectivity index (χ3n) is 8.40. The Labute approximate surface area is 255 Å². The lowest BCUT2D eigenvalue weighted by atomic mass is 9.60. The number of pyridine rings is 1. The number of halogens is 6. The van der Waals surface area contributed by atoms with E-state index in [1.165, 1.54) is 30.5 Å². The Bertz CT molecular complexity index is 1900. The fourth-order valence-electron chi connectivity index (χ4n) is 6.33. The molecule has 0 saturated heterocycles. The van der Waals surface area contributed by atoms with E-state index in [0.717, 1.165) is 46.9 Å². The van der Waals surface area contributed by atoms with Crippen LogP contribution < -0.4 is 0 Å². The van der Waals surface area contributed by atoms with Crippen LogP contribution >= 0.6 is 0 Å². The number of carbonyl (C=O) groups is 1. The van der Waals surface area contributed by atoms with Gasteiger partial charge in [0.15, 0.2) is 5.78 Å². The van der Waals surface area contributed by atoms with Gasteiger partial charge in [-0.15, -0.1) is 0 Å². The first-order chi connectivity index (χ1) is 21.3. The normalized spacial score (nSPS) is 21.0. The Morgan fingerprint density at radius 1 is 1.02 bits per heavy atom. The van der Waals surface area contributed by atoms with Crippen LogP contribution in [0, 0.1) is 22.9 Å². The number of nitrogens with zero attached hydrogens (tertiary/aromatic N) is 4. The van der Waals surface area contributed by atoms with Crippen molar-refractivity contribution >= 4 is 27.4 Å². The van der Waals surface area contributed by atoms with Crippen LogP contribution in [0.5, 0.6) is 0 Å². The van der Waals surface area contributed by atoms with Gasteiger partial charge in [-0.2, -0.15) is 18.3 Å². The molecule has 2 aromatic carbocycles. The van der Waals surface area contributed by atoms with E-state index in [1.807, 2.05) is 0 Å². The predicted molar refractivity (Wildman–Crippen MR) is 156 cm³/mol. The molecule has 13 heteroatoms. The second-order valence-corrected chi connectivity index (χ2v) is 13.5. The van der Waals surface area contributed by atoms with E-state index in [-0.39, 0.29) is 36.3 Å². The van der Waals surface area contributed by atoms with Gasteiger partial charge in [-0.05, 0) is 97.8 Å². The average molecular weight is 645 g/mol. The molecule has 1 unspecified atom stereocenters.